The molecule has 0 amide bonds. The van der Waals surface area contributed by atoms with E-state index in [1.54, 1.807) is 6.20 Å². The average molecular weight is 175 g/mol. The van der Waals surface area contributed by atoms with Gasteiger partial charge in [0.2, 0.25) is 0 Å². The molecule has 1 unspecified atom stereocenters. The smallest absolute Gasteiger partial charge is 0.0872 e. The molecule has 0 aromatic carbocycles. The van der Waals surface area contributed by atoms with Gasteiger partial charge in [0.15, 0.2) is 0 Å². The van der Waals surface area contributed by atoms with Gasteiger partial charge in [0.05, 0.1) is 35.3 Å². The Balaban J connectivity index is 3.04. The van der Waals surface area contributed by atoms with E-state index in [0.29, 0.717) is 0 Å². The molecule has 0 radical (unpaired) electrons. The molecule has 1 heterocycles. The van der Waals surface area contributed by atoms with Crippen LogP contribution < -0.4 is 0 Å². The summed E-state index contributed by atoms with van der Waals surface area (Å²) in [6, 6.07) is 2.14. The fourth-order valence-corrected chi connectivity index (χ4v) is 1.15. The van der Waals surface area contributed by atoms with E-state index in [4.69, 9.17) is 5.26 Å². The quantitative estimate of drug-likeness (QED) is 0.690. The van der Waals surface area contributed by atoms with Crippen LogP contribution in [0.1, 0.15) is 36.8 Å². The zero-order valence-electron chi connectivity index (χ0n) is 8.20. The van der Waals surface area contributed by atoms with Crippen LogP contribution in [0.3, 0.4) is 0 Å². The molecule has 1 rings (SSSR count). The van der Waals surface area contributed by atoms with Gasteiger partial charge in [-0.05, 0) is 20.3 Å². The van der Waals surface area contributed by atoms with Gasteiger partial charge in [-0.1, -0.05) is 6.92 Å². The van der Waals surface area contributed by atoms with Crippen LogP contribution in [0.15, 0.2) is 6.20 Å². The first-order chi connectivity index (χ1) is 6.19. The van der Waals surface area contributed by atoms with Gasteiger partial charge in [0, 0.05) is 0 Å². The summed E-state index contributed by atoms with van der Waals surface area (Å²) in [5.74, 6) is -0.169. The molecule has 0 saturated heterocycles. The minimum atomic E-state index is -0.169. The van der Waals surface area contributed by atoms with Gasteiger partial charge in [-0.3, -0.25) is 9.97 Å². The molecule has 0 aliphatic heterocycles. The Hall–Kier alpha value is -1.43. The van der Waals surface area contributed by atoms with Crippen molar-refractivity contribution in [3.8, 4) is 6.07 Å². The summed E-state index contributed by atoms with van der Waals surface area (Å²) >= 11 is 0. The topological polar surface area (TPSA) is 49.6 Å². The molecular weight excluding hydrogens is 162 g/mol. The molecule has 0 bridgehead atoms. The van der Waals surface area contributed by atoms with Crippen LogP contribution in [0, 0.1) is 18.3 Å². The van der Waals surface area contributed by atoms with Crippen molar-refractivity contribution in [3.05, 3.63) is 23.3 Å². The maximum atomic E-state index is 8.69. The first-order valence-corrected chi connectivity index (χ1v) is 4.41. The fraction of sp³-hybridized carbons (Fsp3) is 0.500. The first kappa shape index (κ1) is 9.66. The highest BCUT2D eigenvalue weighted by Gasteiger charge is 2.07. The highest BCUT2D eigenvalue weighted by molar-refractivity contribution is 5.18. The highest BCUT2D eigenvalue weighted by atomic mass is 14.8. The summed E-state index contributed by atoms with van der Waals surface area (Å²) in [4.78, 5) is 8.58. The van der Waals surface area contributed by atoms with Crippen molar-refractivity contribution in [2.45, 2.75) is 33.1 Å². The molecule has 0 N–H and O–H groups in total. The molecular formula is C10H13N3. The van der Waals surface area contributed by atoms with Crippen LogP contribution in [0.4, 0.5) is 0 Å². The van der Waals surface area contributed by atoms with Gasteiger partial charge in [-0.25, -0.2) is 0 Å². The molecule has 68 valence electrons. The van der Waals surface area contributed by atoms with Gasteiger partial charge in [-0.15, -0.1) is 0 Å². The predicted octanol–water partition coefficient (Wildman–Crippen LogP) is 1.97. The first-order valence-electron chi connectivity index (χ1n) is 4.41. The summed E-state index contributed by atoms with van der Waals surface area (Å²) in [6.45, 7) is 5.80. The molecule has 0 aliphatic rings. The van der Waals surface area contributed by atoms with E-state index >= 15 is 0 Å². The number of aromatic nitrogens is 2. The lowest BCUT2D eigenvalue weighted by atomic mass is 10.1. The summed E-state index contributed by atoms with van der Waals surface area (Å²) in [6.07, 6.45) is 2.58. The number of hydrogen-bond donors (Lipinski definition) is 0. The summed E-state index contributed by atoms with van der Waals surface area (Å²) in [5, 5.41) is 8.69. The van der Waals surface area contributed by atoms with Crippen LogP contribution in [-0.2, 0) is 6.42 Å². The van der Waals surface area contributed by atoms with Gasteiger partial charge in [0.1, 0.15) is 0 Å². The number of hydrogen-bond acceptors (Lipinski definition) is 3. The van der Waals surface area contributed by atoms with Crippen molar-refractivity contribution in [2.75, 3.05) is 0 Å². The number of nitrogens with zero attached hydrogens (tertiary/aromatic N) is 3. The Kier molecular flexibility index (Phi) is 2.97. The van der Waals surface area contributed by atoms with Crippen molar-refractivity contribution in [1.29, 1.82) is 5.26 Å². The monoisotopic (exact) mass is 175 g/mol. The Morgan fingerprint density at radius 1 is 1.62 bits per heavy atom. The number of nitriles is 1. The lowest BCUT2D eigenvalue weighted by Crippen LogP contribution is -2.02. The van der Waals surface area contributed by atoms with Crippen LogP contribution >= 0.6 is 0 Å². The standard InChI is InChI=1S/C10H13N3/c1-4-9-8(3)13-10(6-12-9)7(2)5-11/h6-7H,4H2,1-3H3. The third kappa shape index (κ3) is 2.03. The fourth-order valence-electron chi connectivity index (χ4n) is 1.15. The highest BCUT2D eigenvalue weighted by Crippen LogP contribution is 2.12. The molecule has 1 aromatic rings. The summed E-state index contributed by atoms with van der Waals surface area (Å²) in [7, 11) is 0. The molecule has 0 saturated carbocycles. The van der Waals surface area contributed by atoms with Gasteiger partial charge in [0.25, 0.3) is 0 Å². The largest absolute Gasteiger partial charge is 0.257 e. The van der Waals surface area contributed by atoms with Crippen LogP contribution in [0.25, 0.3) is 0 Å². The summed E-state index contributed by atoms with van der Waals surface area (Å²) < 4.78 is 0. The minimum absolute atomic E-state index is 0.169. The van der Waals surface area contributed by atoms with Gasteiger partial charge >= 0.3 is 0 Å². The van der Waals surface area contributed by atoms with E-state index in [2.05, 4.69) is 16.0 Å². The van der Waals surface area contributed by atoms with E-state index in [-0.39, 0.29) is 5.92 Å². The third-order valence-corrected chi connectivity index (χ3v) is 2.04. The van der Waals surface area contributed by atoms with Gasteiger partial charge in [-0.2, -0.15) is 5.26 Å². The van der Waals surface area contributed by atoms with Gasteiger partial charge < -0.3 is 0 Å². The Morgan fingerprint density at radius 2 is 2.31 bits per heavy atom. The maximum Gasteiger partial charge on any atom is 0.0872 e. The van der Waals surface area contributed by atoms with Crippen LogP contribution in [0.2, 0.25) is 0 Å². The Labute approximate surface area is 78.5 Å². The second-order valence-corrected chi connectivity index (χ2v) is 3.03. The van der Waals surface area contributed by atoms with Crippen molar-refractivity contribution >= 4 is 0 Å². The number of rotatable bonds is 2. The average Bonchev–Trinajstić information content (AvgIpc) is 2.16. The predicted molar refractivity (Wildman–Crippen MR) is 50.2 cm³/mol. The molecule has 13 heavy (non-hydrogen) atoms. The van der Waals surface area contributed by atoms with Crippen molar-refractivity contribution < 1.29 is 0 Å². The summed E-state index contributed by atoms with van der Waals surface area (Å²) in [5.41, 5.74) is 2.70. The van der Waals surface area contributed by atoms with Crippen LogP contribution in [-0.4, -0.2) is 9.97 Å². The van der Waals surface area contributed by atoms with E-state index in [0.717, 1.165) is 23.5 Å². The molecule has 1 atom stereocenters. The normalized spacial score (nSPS) is 12.2. The molecule has 0 spiro atoms. The zero-order valence-corrected chi connectivity index (χ0v) is 8.20. The van der Waals surface area contributed by atoms with E-state index in [1.165, 1.54) is 0 Å². The van der Waals surface area contributed by atoms with Crippen molar-refractivity contribution in [3.63, 3.8) is 0 Å². The molecule has 0 aliphatic carbocycles. The van der Waals surface area contributed by atoms with Crippen molar-refractivity contribution in [2.24, 2.45) is 0 Å². The number of aryl methyl sites for hydroxylation is 2. The molecule has 3 nitrogen and oxygen atoms in total. The second kappa shape index (κ2) is 3.99. The zero-order chi connectivity index (χ0) is 9.84. The van der Waals surface area contributed by atoms with Crippen molar-refractivity contribution in [1.82, 2.24) is 9.97 Å². The van der Waals surface area contributed by atoms with Crippen LogP contribution in [0.5, 0.6) is 0 Å². The molecule has 0 fully saturated rings. The van der Waals surface area contributed by atoms with E-state index in [9.17, 15) is 0 Å². The minimum Gasteiger partial charge on any atom is -0.257 e. The molecule has 1 aromatic heterocycles. The third-order valence-electron chi connectivity index (χ3n) is 2.04. The Bertz CT molecular complexity index is 339. The molecule has 3 heteroatoms. The Morgan fingerprint density at radius 3 is 2.77 bits per heavy atom. The second-order valence-electron chi connectivity index (χ2n) is 3.03. The lowest BCUT2D eigenvalue weighted by Gasteiger charge is -2.05. The SMILES string of the molecule is CCc1ncc(C(C)C#N)nc1C. The maximum absolute atomic E-state index is 8.69. The lowest BCUT2D eigenvalue weighted by molar-refractivity contribution is 0.853. The van der Waals surface area contributed by atoms with E-state index < -0.39 is 0 Å². The van der Waals surface area contributed by atoms with E-state index in [1.807, 2.05) is 20.8 Å².